The summed E-state index contributed by atoms with van der Waals surface area (Å²) in [6.07, 6.45) is -1.96. The van der Waals surface area contributed by atoms with Gasteiger partial charge in [0.15, 0.2) is 18.0 Å². The molecule has 0 aliphatic carbocycles. The van der Waals surface area contributed by atoms with Crippen molar-refractivity contribution in [2.45, 2.75) is 19.1 Å². The Hall–Kier alpha value is -2.93. The van der Waals surface area contributed by atoms with Gasteiger partial charge in [0.2, 0.25) is 0 Å². The number of methoxy groups -OCH3 is 1. The largest absolute Gasteiger partial charge is 0.475 e. The molecule has 0 fully saturated rings. The van der Waals surface area contributed by atoms with Crippen molar-refractivity contribution in [3.63, 3.8) is 0 Å². The molecule has 2 aromatic rings. The molecule has 7 heteroatoms. The molecule has 0 aliphatic heterocycles. The van der Waals surface area contributed by atoms with Gasteiger partial charge in [0.05, 0.1) is 11.5 Å². The first-order chi connectivity index (χ1) is 12.1. The Morgan fingerprint density at radius 2 is 1.76 bits per heavy atom. The first-order valence-corrected chi connectivity index (χ1v) is 7.73. The van der Waals surface area contributed by atoms with Crippen molar-refractivity contribution in [2.24, 2.45) is 0 Å². The van der Waals surface area contributed by atoms with Crippen molar-refractivity contribution in [2.75, 3.05) is 13.7 Å². The average Bonchev–Trinajstić information content (AvgIpc) is 2.62. The number of nitro groups is 1. The molecule has 0 aromatic heterocycles. The second-order valence-electron chi connectivity index (χ2n) is 5.08. The average molecular weight is 345 g/mol. The minimum Gasteiger partial charge on any atom is -0.475 e. The van der Waals surface area contributed by atoms with E-state index in [-0.39, 0.29) is 18.0 Å². The number of rotatable bonds is 8. The van der Waals surface area contributed by atoms with Crippen LogP contribution in [0, 0.1) is 10.1 Å². The van der Waals surface area contributed by atoms with E-state index in [0.717, 1.165) is 0 Å². The monoisotopic (exact) mass is 345 g/mol. The summed E-state index contributed by atoms with van der Waals surface area (Å²) in [5.41, 5.74) is 0.447. The van der Waals surface area contributed by atoms with Crippen LogP contribution in [0.3, 0.4) is 0 Å². The second-order valence-corrected chi connectivity index (χ2v) is 5.08. The predicted molar refractivity (Wildman–Crippen MR) is 90.3 cm³/mol. The van der Waals surface area contributed by atoms with Crippen LogP contribution in [0.25, 0.3) is 0 Å². The van der Waals surface area contributed by atoms with E-state index < -0.39 is 23.1 Å². The molecule has 0 saturated carbocycles. The Morgan fingerprint density at radius 3 is 2.36 bits per heavy atom. The highest BCUT2D eigenvalue weighted by atomic mass is 16.6. The number of carbonyl (C=O) groups is 1. The molecular weight excluding hydrogens is 326 g/mol. The molecule has 0 radical (unpaired) electrons. The van der Waals surface area contributed by atoms with Gasteiger partial charge in [-0.05, 0) is 18.6 Å². The fraction of sp³-hybridized carbons (Fsp3) is 0.278. The van der Waals surface area contributed by atoms with E-state index in [4.69, 9.17) is 14.2 Å². The van der Waals surface area contributed by atoms with Crippen LogP contribution in [0.4, 0.5) is 5.69 Å². The zero-order valence-electron chi connectivity index (χ0n) is 14.0. The molecule has 0 heterocycles. The van der Waals surface area contributed by atoms with Gasteiger partial charge in [0, 0.05) is 13.2 Å². The summed E-state index contributed by atoms with van der Waals surface area (Å²) in [5, 5.41) is 11.2. The Kier molecular flexibility index (Phi) is 6.47. The van der Waals surface area contributed by atoms with Crippen molar-refractivity contribution >= 4 is 11.7 Å². The van der Waals surface area contributed by atoms with E-state index >= 15 is 0 Å². The van der Waals surface area contributed by atoms with Gasteiger partial charge in [0.1, 0.15) is 0 Å². The molecule has 132 valence electrons. The van der Waals surface area contributed by atoms with Crippen LogP contribution in [-0.2, 0) is 14.3 Å². The second kappa shape index (κ2) is 8.79. The van der Waals surface area contributed by atoms with E-state index in [0.29, 0.717) is 5.56 Å². The van der Waals surface area contributed by atoms with Crippen LogP contribution in [0.5, 0.6) is 5.75 Å². The number of hydrogen-bond acceptors (Lipinski definition) is 6. The SMILES string of the molecule is CCOC(=O)C(OC)C(Oc1ccccc1[N+](=O)[O-])c1ccccc1. The van der Waals surface area contributed by atoms with Gasteiger partial charge in [-0.25, -0.2) is 4.79 Å². The van der Waals surface area contributed by atoms with Crippen molar-refractivity contribution in [1.29, 1.82) is 0 Å². The highest BCUT2D eigenvalue weighted by Crippen LogP contribution is 2.33. The summed E-state index contributed by atoms with van der Waals surface area (Å²) in [6.45, 7) is 1.87. The van der Waals surface area contributed by atoms with Gasteiger partial charge >= 0.3 is 11.7 Å². The lowest BCUT2D eigenvalue weighted by atomic mass is 10.0. The summed E-state index contributed by atoms with van der Waals surface area (Å²) >= 11 is 0. The summed E-state index contributed by atoms with van der Waals surface area (Å²) in [5.74, 6) is -0.551. The van der Waals surface area contributed by atoms with Gasteiger partial charge < -0.3 is 14.2 Å². The summed E-state index contributed by atoms with van der Waals surface area (Å²) in [4.78, 5) is 22.9. The lowest BCUT2D eigenvalue weighted by Crippen LogP contribution is -2.35. The van der Waals surface area contributed by atoms with Gasteiger partial charge in [-0.2, -0.15) is 0 Å². The molecule has 7 nitrogen and oxygen atoms in total. The minimum absolute atomic E-state index is 0.0488. The molecule has 0 amide bonds. The van der Waals surface area contributed by atoms with Gasteiger partial charge in [-0.15, -0.1) is 0 Å². The molecule has 0 saturated heterocycles. The van der Waals surface area contributed by atoms with E-state index in [2.05, 4.69) is 0 Å². The molecule has 0 aliphatic rings. The fourth-order valence-electron chi connectivity index (χ4n) is 2.36. The van der Waals surface area contributed by atoms with Gasteiger partial charge in [0.25, 0.3) is 0 Å². The van der Waals surface area contributed by atoms with Crippen molar-refractivity contribution < 1.29 is 23.9 Å². The number of benzene rings is 2. The van der Waals surface area contributed by atoms with E-state index in [1.54, 1.807) is 43.3 Å². The van der Waals surface area contributed by atoms with E-state index in [9.17, 15) is 14.9 Å². The number of nitrogens with zero attached hydrogens (tertiary/aromatic N) is 1. The van der Waals surface area contributed by atoms with Crippen LogP contribution in [-0.4, -0.2) is 30.7 Å². The molecule has 25 heavy (non-hydrogen) atoms. The molecule has 2 unspecified atom stereocenters. The lowest BCUT2D eigenvalue weighted by molar-refractivity contribution is -0.386. The molecule has 0 bridgehead atoms. The third kappa shape index (κ3) is 4.54. The Balaban J connectivity index is 2.42. The maximum atomic E-state index is 12.2. The highest BCUT2D eigenvalue weighted by molar-refractivity contribution is 5.76. The zero-order chi connectivity index (χ0) is 18.2. The minimum atomic E-state index is -1.07. The summed E-state index contributed by atoms with van der Waals surface area (Å²) in [6, 6.07) is 14.9. The van der Waals surface area contributed by atoms with Crippen LogP contribution in [0.1, 0.15) is 18.6 Å². The fourth-order valence-corrected chi connectivity index (χ4v) is 2.36. The standard InChI is InChI=1S/C18H19NO6/c1-3-24-18(20)17(23-2)16(13-9-5-4-6-10-13)25-15-12-8-7-11-14(15)19(21)22/h4-12,16-17H,3H2,1-2H3. The van der Waals surface area contributed by atoms with Crippen molar-refractivity contribution in [1.82, 2.24) is 0 Å². The normalized spacial score (nSPS) is 12.9. The zero-order valence-corrected chi connectivity index (χ0v) is 14.0. The number of hydrogen-bond donors (Lipinski definition) is 0. The van der Waals surface area contributed by atoms with Crippen molar-refractivity contribution in [3.05, 3.63) is 70.3 Å². The highest BCUT2D eigenvalue weighted by Gasteiger charge is 2.34. The van der Waals surface area contributed by atoms with E-state index in [1.165, 1.54) is 19.2 Å². The number of ether oxygens (including phenoxy) is 3. The first kappa shape index (κ1) is 18.4. The molecular formula is C18H19NO6. The maximum absolute atomic E-state index is 12.2. The number of carbonyl (C=O) groups excluding carboxylic acids is 1. The lowest BCUT2D eigenvalue weighted by Gasteiger charge is -2.25. The topological polar surface area (TPSA) is 87.9 Å². The smallest absolute Gasteiger partial charge is 0.339 e. The van der Waals surface area contributed by atoms with Gasteiger partial charge in [-0.3, -0.25) is 10.1 Å². The Bertz CT molecular complexity index is 719. The van der Waals surface area contributed by atoms with Crippen LogP contribution >= 0.6 is 0 Å². The van der Waals surface area contributed by atoms with E-state index in [1.807, 2.05) is 6.07 Å². The van der Waals surface area contributed by atoms with Gasteiger partial charge in [-0.1, -0.05) is 42.5 Å². The Labute approximate surface area is 145 Å². The number of esters is 1. The molecule has 0 N–H and O–H groups in total. The van der Waals surface area contributed by atoms with Crippen LogP contribution in [0.2, 0.25) is 0 Å². The molecule has 2 rings (SSSR count). The Morgan fingerprint density at radius 1 is 1.12 bits per heavy atom. The quantitative estimate of drug-likeness (QED) is 0.414. The molecule has 0 spiro atoms. The van der Waals surface area contributed by atoms with Crippen molar-refractivity contribution in [3.8, 4) is 5.75 Å². The van der Waals surface area contributed by atoms with Crippen LogP contribution in [0.15, 0.2) is 54.6 Å². The van der Waals surface area contributed by atoms with Crippen LogP contribution < -0.4 is 4.74 Å². The number of para-hydroxylation sites is 2. The third-order valence-electron chi connectivity index (χ3n) is 3.49. The predicted octanol–water partition coefficient (Wildman–Crippen LogP) is 3.29. The first-order valence-electron chi connectivity index (χ1n) is 7.73. The summed E-state index contributed by atoms with van der Waals surface area (Å²) in [7, 11) is 1.36. The third-order valence-corrected chi connectivity index (χ3v) is 3.49. The number of nitro benzene ring substituents is 1. The maximum Gasteiger partial charge on any atom is 0.339 e. The molecule has 2 aromatic carbocycles. The molecule has 2 atom stereocenters. The summed E-state index contributed by atoms with van der Waals surface area (Å²) < 4.78 is 16.2.